The van der Waals surface area contributed by atoms with Crippen molar-refractivity contribution >= 4 is 33.3 Å². The van der Waals surface area contributed by atoms with Gasteiger partial charge in [0.05, 0.1) is 4.90 Å². The maximum atomic E-state index is 10.6. The Hall–Kier alpha value is -0.290. The molecule has 1 aromatic rings. The Morgan fingerprint density at radius 1 is 1.15 bits per heavy atom. The summed E-state index contributed by atoms with van der Waals surface area (Å²) in [6.07, 6.45) is 0. The van der Waals surface area contributed by atoms with Crippen molar-refractivity contribution in [1.82, 2.24) is 0 Å². The average Bonchev–Trinajstić information content (AvgIpc) is 2.03. The Morgan fingerprint density at radius 3 is 1.92 bits per heavy atom. The molecule has 0 unspecified atom stereocenters. The summed E-state index contributed by atoms with van der Waals surface area (Å²) in [4.78, 5) is -0.874. The van der Waals surface area contributed by atoms with Gasteiger partial charge in [-0.2, -0.15) is 8.42 Å². The topological polar surface area (TPSA) is 54.4 Å². The van der Waals surface area contributed by atoms with E-state index in [1.165, 1.54) is 24.3 Å². The SMILES string of the molecule is O=S(=O)(O)c1ccc(C(Cl)Cl)cc1. The van der Waals surface area contributed by atoms with Crippen LogP contribution in [-0.2, 0) is 10.1 Å². The van der Waals surface area contributed by atoms with Crippen molar-refractivity contribution in [1.29, 1.82) is 0 Å². The van der Waals surface area contributed by atoms with Gasteiger partial charge < -0.3 is 0 Å². The van der Waals surface area contributed by atoms with Crippen LogP contribution in [0, 0.1) is 0 Å². The summed E-state index contributed by atoms with van der Waals surface area (Å²) in [6.45, 7) is 0. The molecule has 0 aromatic heterocycles. The van der Waals surface area contributed by atoms with Crippen molar-refractivity contribution in [2.45, 2.75) is 9.73 Å². The van der Waals surface area contributed by atoms with Crippen LogP contribution in [0.1, 0.15) is 10.4 Å². The normalized spacial score (nSPS) is 12.0. The predicted octanol–water partition coefficient (Wildman–Crippen LogP) is 2.41. The van der Waals surface area contributed by atoms with Gasteiger partial charge in [-0.25, -0.2) is 0 Å². The molecular formula is C7H6Cl2O3S. The molecule has 0 bridgehead atoms. The molecular weight excluding hydrogens is 235 g/mol. The second-order valence-electron chi connectivity index (χ2n) is 2.34. The first kappa shape index (κ1) is 10.8. The van der Waals surface area contributed by atoms with Gasteiger partial charge in [-0.3, -0.25) is 4.55 Å². The van der Waals surface area contributed by atoms with Crippen LogP contribution in [0.25, 0.3) is 0 Å². The number of hydrogen-bond donors (Lipinski definition) is 1. The second kappa shape index (κ2) is 3.84. The van der Waals surface area contributed by atoms with Gasteiger partial charge >= 0.3 is 0 Å². The van der Waals surface area contributed by atoms with Gasteiger partial charge in [-0.1, -0.05) is 12.1 Å². The molecule has 0 radical (unpaired) electrons. The zero-order valence-corrected chi connectivity index (χ0v) is 8.64. The molecule has 0 aliphatic heterocycles. The third kappa shape index (κ3) is 2.84. The highest BCUT2D eigenvalue weighted by Gasteiger charge is 2.10. The van der Waals surface area contributed by atoms with Gasteiger partial charge in [0.15, 0.2) is 0 Å². The van der Waals surface area contributed by atoms with Gasteiger partial charge in [-0.05, 0) is 17.7 Å². The van der Waals surface area contributed by atoms with E-state index < -0.39 is 15.0 Å². The zero-order chi connectivity index (χ0) is 10.1. The average molecular weight is 241 g/mol. The molecule has 1 aromatic carbocycles. The Bertz CT molecular complexity index is 383. The lowest BCUT2D eigenvalue weighted by Crippen LogP contribution is -1.97. The van der Waals surface area contributed by atoms with Crippen LogP contribution in [0.3, 0.4) is 0 Å². The summed E-state index contributed by atoms with van der Waals surface area (Å²) < 4.78 is 29.8. The lowest BCUT2D eigenvalue weighted by Gasteiger charge is -2.01. The van der Waals surface area contributed by atoms with Crippen molar-refractivity contribution in [2.24, 2.45) is 0 Å². The molecule has 3 nitrogen and oxygen atoms in total. The molecule has 0 heterocycles. The minimum atomic E-state index is -4.13. The van der Waals surface area contributed by atoms with Crippen LogP contribution >= 0.6 is 23.2 Å². The molecule has 1 N–H and O–H groups in total. The van der Waals surface area contributed by atoms with E-state index in [-0.39, 0.29) is 4.90 Å². The van der Waals surface area contributed by atoms with Gasteiger partial charge in [0, 0.05) is 0 Å². The first-order valence-corrected chi connectivity index (χ1v) is 5.58. The minimum Gasteiger partial charge on any atom is -0.282 e. The van der Waals surface area contributed by atoms with E-state index in [0.29, 0.717) is 5.56 Å². The molecule has 0 atom stereocenters. The third-order valence-electron chi connectivity index (χ3n) is 1.43. The molecule has 0 spiro atoms. The van der Waals surface area contributed by atoms with Crippen LogP contribution in [0.2, 0.25) is 0 Å². The Kier molecular flexibility index (Phi) is 3.18. The van der Waals surface area contributed by atoms with E-state index in [1.54, 1.807) is 0 Å². The Balaban J connectivity index is 3.08. The lowest BCUT2D eigenvalue weighted by atomic mass is 10.2. The quantitative estimate of drug-likeness (QED) is 0.638. The van der Waals surface area contributed by atoms with Crippen molar-refractivity contribution in [3.63, 3.8) is 0 Å². The van der Waals surface area contributed by atoms with Crippen molar-refractivity contribution < 1.29 is 13.0 Å². The first-order chi connectivity index (χ1) is 5.91. The molecule has 0 aliphatic carbocycles. The first-order valence-electron chi connectivity index (χ1n) is 3.27. The van der Waals surface area contributed by atoms with Gasteiger partial charge in [0.1, 0.15) is 4.84 Å². The number of benzene rings is 1. The molecule has 13 heavy (non-hydrogen) atoms. The van der Waals surface area contributed by atoms with E-state index in [4.69, 9.17) is 27.8 Å². The van der Waals surface area contributed by atoms with Crippen LogP contribution in [0.5, 0.6) is 0 Å². The molecule has 1 rings (SSSR count). The summed E-state index contributed by atoms with van der Waals surface area (Å²) in [5.41, 5.74) is 0.579. The summed E-state index contributed by atoms with van der Waals surface area (Å²) >= 11 is 11.0. The fourth-order valence-electron chi connectivity index (χ4n) is 0.785. The molecule has 0 amide bonds. The maximum Gasteiger partial charge on any atom is 0.294 e. The number of hydrogen-bond acceptors (Lipinski definition) is 2. The predicted molar refractivity (Wildman–Crippen MR) is 50.7 cm³/mol. The lowest BCUT2D eigenvalue weighted by molar-refractivity contribution is 0.483. The van der Waals surface area contributed by atoms with E-state index in [1.807, 2.05) is 0 Å². The zero-order valence-electron chi connectivity index (χ0n) is 6.31. The summed E-state index contributed by atoms with van der Waals surface area (Å²) in [5, 5.41) is 0. The fourth-order valence-corrected chi connectivity index (χ4v) is 1.56. The minimum absolute atomic E-state index is 0.176. The Morgan fingerprint density at radius 2 is 1.62 bits per heavy atom. The van der Waals surface area contributed by atoms with Gasteiger partial charge in [-0.15, -0.1) is 23.2 Å². The van der Waals surface area contributed by atoms with Crippen LogP contribution in [0.15, 0.2) is 29.2 Å². The smallest absolute Gasteiger partial charge is 0.282 e. The van der Waals surface area contributed by atoms with Gasteiger partial charge in [0.25, 0.3) is 10.1 Å². The second-order valence-corrected chi connectivity index (χ2v) is 4.86. The fraction of sp³-hybridized carbons (Fsp3) is 0.143. The number of halogens is 2. The van der Waals surface area contributed by atoms with E-state index in [2.05, 4.69) is 0 Å². The van der Waals surface area contributed by atoms with E-state index >= 15 is 0 Å². The molecule has 0 aliphatic rings. The highest BCUT2D eigenvalue weighted by molar-refractivity contribution is 7.85. The molecule has 72 valence electrons. The Labute approximate surface area is 86.0 Å². The molecule has 6 heteroatoms. The summed E-state index contributed by atoms with van der Waals surface area (Å²) in [5.74, 6) is 0. The highest BCUT2D eigenvalue weighted by atomic mass is 35.5. The third-order valence-corrected chi connectivity index (χ3v) is 2.80. The van der Waals surface area contributed by atoms with E-state index in [9.17, 15) is 8.42 Å². The highest BCUT2D eigenvalue weighted by Crippen LogP contribution is 2.25. The van der Waals surface area contributed by atoms with E-state index in [0.717, 1.165) is 0 Å². The monoisotopic (exact) mass is 240 g/mol. The molecule has 0 saturated heterocycles. The molecule has 0 saturated carbocycles. The molecule has 0 fully saturated rings. The number of alkyl halides is 2. The number of rotatable bonds is 2. The largest absolute Gasteiger partial charge is 0.294 e. The van der Waals surface area contributed by atoms with Gasteiger partial charge in [0.2, 0.25) is 0 Å². The standard InChI is InChI=1S/C7H6Cl2O3S/c8-7(9)5-1-3-6(4-2-5)13(10,11)12/h1-4,7H,(H,10,11,12). The summed E-state index contributed by atoms with van der Waals surface area (Å²) in [7, 11) is -4.13. The van der Waals surface area contributed by atoms with Crippen molar-refractivity contribution in [3.05, 3.63) is 29.8 Å². The van der Waals surface area contributed by atoms with Crippen LogP contribution < -0.4 is 0 Å². The maximum absolute atomic E-state index is 10.6. The van der Waals surface area contributed by atoms with Crippen LogP contribution in [0.4, 0.5) is 0 Å². The van der Waals surface area contributed by atoms with Crippen molar-refractivity contribution in [2.75, 3.05) is 0 Å². The van der Waals surface area contributed by atoms with Crippen molar-refractivity contribution in [3.8, 4) is 0 Å². The summed E-state index contributed by atoms with van der Waals surface area (Å²) in [6, 6.07) is 5.35. The van der Waals surface area contributed by atoms with Crippen LogP contribution in [-0.4, -0.2) is 13.0 Å².